The Balaban J connectivity index is 1.57. The van der Waals surface area contributed by atoms with E-state index in [2.05, 4.69) is 15.4 Å². The molecule has 0 unspecified atom stereocenters. The molecular formula is C18H23N5O2S. The summed E-state index contributed by atoms with van der Waals surface area (Å²) in [5.74, 6) is -0.189. The first-order chi connectivity index (χ1) is 12.4. The fourth-order valence-corrected chi connectivity index (χ4v) is 3.94. The smallest absolute Gasteiger partial charge is 0.262 e. The van der Waals surface area contributed by atoms with Crippen LogP contribution in [-0.2, 0) is 17.9 Å². The van der Waals surface area contributed by atoms with Crippen molar-refractivity contribution in [2.75, 3.05) is 6.54 Å². The van der Waals surface area contributed by atoms with Crippen LogP contribution in [0.25, 0.3) is 10.2 Å². The van der Waals surface area contributed by atoms with Gasteiger partial charge in [0, 0.05) is 23.7 Å². The number of carbonyl (C=O) groups is 1. The van der Waals surface area contributed by atoms with E-state index in [1.807, 2.05) is 38.4 Å². The lowest BCUT2D eigenvalue weighted by atomic mass is 10.2. The number of thiophene rings is 1. The van der Waals surface area contributed by atoms with Crippen molar-refractivity contribution in [2.45, 2.75) is 47.2 Å². The minimum atomic E-state index is -0.189. The summed E-state index contributed by atoms with van der Waals surface area (Å²) < 4.78 is 3.31. The summed E-state index contributed by atoms with van der Waals surface area (Å²) in [5.41, 5.74) is 2.89. The first-order valence-electron chi connectivity index (χ1n) is 8.59. The lowest BCUT2D eigenvalue weighted by molar-refractivity contribution is -0.121. The lowest BCUT2D eigenvalue weighted by Gasteiger charge is -2.08. The Kier molecular flexibility index (Phi) is 5.22. The van der Waals surface area contributed by atoms with E-state index in [1.165, 1.54) is 22.2 Å². The van der Waals surface area contributed by atoms with Gasteiger partial charge in [-0.15, -0.1) is 11.3 Å². The van der Waals surface area contributed by atoms with Crippen LogP contribution in [-0.4, -0.2) is 31.8 Å². The molecule has 0 aliphatic heterocycles. The van der Waals surface area contributed by atoms with E-state index in [0.29, 0.717) is 11.9 Å². The highest BCUT2D eigenvalue weighted by Gasteiger charge is 2.13. The van der Waals surface area contributed by atoms with E-state index in [4.69, 9.17) is 0 Å². The number of aromatic nitrogens is 4. The SMILES string of the molecule is Cc1cc(C)n(CCCNC(=O)Cn2cnc3sc(C)c(C)c3c2=O)n1. The fraction of sp³-hybridized carbons (Fsp3) is 0.444. The van der Waals surface area contributed by atoms with Gasteiger partial charge < -0.3 is 5.32 Å². The largest absolute Gasteiger partial charge is 0.354 e. The van der Waals surface area contributed by atoms with Crippen molar-refractivity contribution in [3.05, 3.63) is 44.6 Å². The highest BCUT2D eigenvalue weighted by molar-refractivity contribution is 7.18. The lowest BCUT2D eigenvalue weighted by Crippen LogP contribution is -2.33. The third-order valence-corrected chi connectivity index (χ3v) is 5.56. The predicted molar refractivity (Wildman–Crippen MR) is 103 cm³/mol. The molecule has 7 nitrogen and oxygen atoms in total. The van der Waals surface area contributed by atoms with Crippen LogP contribution in [0.1, 0.15) is 28.2 Å². The molecule has 3 rings (SSSR count). The highest BCUT2D eigenvalue weighted by atomic mass is 32.1. The second-order valence-corrected chi connectivity index (χ2v) is 7.70. The fourth-order valence-electron chi connectivity index (χ4n) is 2.95. The van der Waals surface area contributed by atoms with Gasteiger partial charge in [-0.25, -0.2) is 4.98 Å². The molecule has 3 heterocycles. The minimum absolute atomic E-state index is 0.0178. The Labute approximate surface area is 155 Å². The Hall–Kier alpha value is -2.48. The van der Waals surface area contributed by atoms with Gasteiger partial charge in [0.15, 0.2) is 0 Å². The number of fused-ring (bicyclic) bond motifs is 1. The molecule has 0 bridgehead atoms. The van der Waals surface area contributed by atoms with Gasteiger partial charge in [0.25, 0.3) is 5.56 Å². The second-order valence-electron chi connectivity index (χ2n) is 6.49. The molecule has 1 amide bonds. The second kappa shape index (κ2) is 7.41. The average Bonchev–Trinajstić information content (AvgIpc) is 3.06. The van der Waals surface area contributed by atoms with Crippen molar-refractivity contribution in [1.29, 1.82) is 0 Å². The van der Waals surface area contributed by atoms with Crippen molar-refractivity contribution in [3.63, 3.8) is 0 Å². The number of carbonyl (C=O) groups excluding carboxylic acids is 1. The van der Waals surface area contributed by atoms with Crippen LogP contribution in [0.2, 0.25) is 0 Å². The molecule has 26 heavy (non-hydrogen) atoms. The Morgan fingerprint density at radius 1 is 1.27 bits per heavy atom. The van der Waals surface area contributed by atoms with Crippen LogP contribution < -0.4 is 10.9 Å². The Bertz CT molecular complexity index is 1010. The molecule has 0 radical (unpaired) electrons. The number of nitrogens with zero attached hydrogens (tertiary/aromatic N) is 4. The summed E-state index contributed by atoms with van der Waals surface area (Å²) in [6.07, 6.45) is 2.23. The van der Waals surface area contributed by atoms with E-state index in [9.17, 15) is 9.59 Å². The third kappa shape index (κ3) is 3.70. The monoisotopic (exact) mass is 373 g/mol. The van der Waals surface area contributed by atoms with Crippen molar-refractivity contribution in [2.24, 2.45) is 0 Å². The van der Waals surface area contributed by atoms with E-state index in [0.717, 1.165) is 39.6 Å². The van der Waals surface area contributed by atoms with Crippen LogP contribution in [0.5, 0.6) is 0 Å². The molecule has 0 fully saturated rings. The minimum Gasteiger partial charge on any atom is -0.354 e. The van der Waals surface area contributed by atoms with Crippen molar-refractivity contribution in [1.82, 2.24) is 24.6 Å². The van der Waals surface area contributed by atoms with E-state index >= 15 is 0 Å². The van der Waals surface area contributed by atoms with Gasteiger partial charge in [-0.3, -0.25) is 18.8 Å². The van der Waals surface area contributed by atoms with E-state index in [-0.39, 0.29) is 18.0 Å². The summed E-state index contributed by atoms with van der Waals surface area (Å²) in [7, 11) is 0. The number of aryl methyl sites for hydroxylation is 5. The first kappa shape index (κ1) is 18.3. The van der Waals surface area contributed by atoms with Crippen LogP contribution in [0, 0.1) is 27.7 Å². The normalized spacial score (nSPS) is 11.2. The average molecular weight is 373 g/mol. The zero-order valence-corrected chi connectivity index (χ0v) is 16.3. The molecule has 0 atom stereocenters. The Morgan fingerprint density at radius 2 is 2.04 bits per heavy atom. The van der Waals surface area contributed by atoms with Crippen molar-refractivity contribution in [3.8, 4) is 0 Å². The third-order valence-electron chi connectivity index (χ3n) is 4.44. The molecule has 3 aromatic heterocycles. The first-order valence-corrected chi connectivity index (χ1v) is 9.41. The molecule has 0 saturated carbocycles. The van der Waals surface area contributed by atoms with Crippen LogP contribution in [0.3, 0.4) is 0 Å². The summed E-state index contributed by atoms with van der Waals surface area (Å²) in [5, 5.41) is 7.87. The van der Waals surface area contributed by atoms with Gasteiger partial charge in [-0.05, 0) is 45.7 Å². The molecule has 0 aliphatic rings. The number of hydrogen-bond donors (Lipinski definition) is 1. The molecule has 0 aliphatic carbocycles. The number of amides is 1. The zero-order valence-electron chi connectivity index (χ0n) is 15.5. The van der Waals surface area contributed by atoms with Gasteiger partial charge in [0.1, 0.15) is 11.4 Å². The van der Waals surface area contributed by atoms with Gasteiger partial charge in [0.05, 0.1) is 17.4 Å². The summed E-state index contributed by atoms with van der Waals surface area (Å²) in [6.45, 7) is 9.14. The molecule has 0 spiro atoms. The van der Waals surface area contributed by atoms with Crippen LogP contribution >= 0.6 is 11.3 Å². The molecule has 8 heteroatoms. The molecule has 0 saturated heterocycles. The van der Waals surface area contributed by atoms with E-state index < -0.39 is 0 Å². The maximum absolute atomic E-state index is 12.6. The zero-order chi connectivity index (χ0) is 18.8. The van der Waals surface area contributed by atoms with Crippen molar-refractivity contribution < 1.29 is 4.79 Å². The standard InChI is InChI=1S/C18H23N5O2S/c1-11-8-12(2)23(21-11)7-5-6-19-15(24)9-22-10-20-17-16(18(22)25)13(3)14(4)26-17/h8,10H,5-7,9H2,1-4H3,(H,19,24). The number of rotatable bonds is 6. The topological polar surface area (TPSA) is 81.8 Å². The molecular weight excluding hydrogens is 350 g/mol. The number of hydrogen-bond acceptors (Lipinski definition) is 5. The summed E-state index contributed by atoms with van der Waals surface area (Å²) in [4.78, 5) is 30.9. The predicted octanol–water partition coefficient (Wildman–Crippen LogP) is 2.09. The van der Waals surface area contributed by atoms with E-state index in [1.54, 1.807) is 0 Å². The molecule has 138 valence electrons. The summed E-state index contributed by atoms with van der Waals surface area (Å²) in [6, 6.07) is 2.03. The van der Waals surface area contributed by atoms with Gasteiger partial charge in [-0.1, -0.05) is 0 Å². The van der Waals surface area contributed by atoms with Gasteiger partial charge in [-0.2, -0.15) is 5.10 Å². The van der Waals surface area contributed by atoms with Crippen LogP contribution in [0.15, 0.2) is 17.2 Å². The summed E-state index contributed by atoms with van der Waals surface area (Å²) >= 11 is 1.50. The maximum Gasteiger partial charge on any atom is 0.262 e. The quantitative estimate of drug-likeness (QED) is 0.671. The molecule has 0 aromatic carbocycles. The van der Waals surface area contributed by atoms with Crippen molar-refractivity contribution >= 4 is 27.5 Å². The van der Waals surface area contributed by atoms with Gasteiger partial charge >= 0.3 is 0 Å². The highest BCUT2D eigenvalue weighted by Crippen LogP contribution is 2.25. The Morgan fingerprint density at radius 3 is 2.73 bits per heavy atom. The maximum atomic E-state index is 12.6. The number of nitrogens with one attached hydrogen (secondary N) is 1. The van der Waals surface area contributed by atoms with Gasteiger partial charge in [0.2, 0.25) is 5.91 Å². The molecule has 1 N–H and O–H groups in total. The molecule has 3 aromatic rings. The van der Waals surface area contributed by atoms with Crippen LogP contribution in [0.4, 0.5) is 0 Å².